The normalized spacial score (nSPS) is 17.9. The molecular formula is C20H20F6N4O2. The number of carbonyl (C=O) groups excluding carboxylic acids is 1. The van der Waals surface area contributed by atoms with Crippen LogP contribution in [0.15, 0.2) is 36.4 Å². The summed E-state index contributed by atoms with van der Waals surface area (Å²) in [7, 11) is 0. The highest BCUT2D eigenvalue weighted by molar-refractivity contribution is 5.90. The number of carbonyl (C=O) groups is 1. The van der Waals surface area contributed by atoms with E-state index in [1.54, 1.807) is 24.3 Å². The fourth-order valence-corrected chi connectivity index (χ4v) is 3.61. The molecule has 1 aromatic carbocycles. The molecule has 1 atom stereocenters. The molecule has 1 aliphatic heterocycles. The zero-order valence-corrected chi connectivity index (χ0v) is 16.6. The Balaban J connectivity index is 1.72. The van der Waals surface area contributed by atoms with Gasteiger partial charge in [0.15, 0.2) is 5.69 Å². The van der Waals surface area contributed by atoms with Crippen LogP contribution in [0.3, 0.4) is 0 Å². The molecule has 174 valence electrons. The van der Waals surface area contributed by atoms with Gasteiger partial charge in [0, 0.05) is 24.7 Å². The van der Waals surface area contributed by atoms with E-state index in [1.165, 1.54) is 11.6 Å². The molecular weight excluding hydrogens is 442 g/mol. The summed E-state index contributed by atoms with van der Waals surface area (Å²) < 4.78 is 78.9. The molecule has 2 N–H and O–H groups in total. The van der Waals surface area contributed by atoms with Gasteiger partial charge in [0.25, 0.3) is 5.91 Å². The molecule has 3 rings (SSSR count). The first kappa shape index (κ1) is 23.8. The lowest BCUT2D eigenvalue weighted by molar-refractivity contribution is -0.144. The first-order valence-corrected chi connectivity index (χ1v) is 9.65. The largest absolute Gasteiger partial charge is 0.435 e. The number of nitrogens with one attached hydrogen (secondary N) is 1. The number of halogens is 6. The molecule has 0 spiro atoms. The molecule has 2 heterocycles. The highest BCUT2D eigenvalue weighted by atomic mass is 19.4. The Kier molecular flexibility index (Phi) is 6.94. The average molecular weight is 462 g/mol. The Bertz CT molecular complexity index is 966. The number of hydrogen-bond donors (Lipinski definition) is 2. The summed E-state index contributed by atoms with van der Waals surface area (Å²) in [4.78, 5) is 12.9. The van der Waals surface area contributed by atoms with Gasteiger partial charge in [-0.25, -0.2) is 5.48 Å². The van der Waals surface area contributed by atoms with Crippen molar-refractivity contribution in [2.45, 2.75) is 44.3 Å². The Morgan fingerprint density at radius 2 is 1.84 bits per heavy atom. The van der Waals surface area contributed by atoms with Crippen LogP contribution in [0.5, 0.6) is 0 Å². The highest BCUT2D eigenvalue weighted by Crippen LogP contribution is 2.36. The van der Waals surface area contributed by atoms with Crippen molar-refractivity contribution in [2.75, 3.05) is 6.54 Å². The van der Waals surface area contributed by atoms with Gasteiger partial charge in [0.2, 0.25) is 0 Å². The van der Waals surface area contributed by atoms with E-state index in [0.29, 0.717) is 36.2 Å². The fraction of sp³-hybridized carbons (Fsp3) is 0.400. The second kappa shape index (κ2) is 9.33. The molecule has 0 bridgehead atoms. The minimum absolute atomic E-state index is 0.0442. The van der Waals surface area contributed by atoms with Gasteiger partial charge in [-0.3, -0.25) is 19.6 Å². The number of benzene rings is 1. The van der Waals surface area contributed by atoms with Gasteiger partial charge >= 0.3 is 12.4 Å². The molecule has 0 aliphatic carbocycles. The van der Waals surface area contributed by atoms with Crippen LogP contribution in [0.1, 0.15) is 35.4 Å². The maximum atomic E-state index is 13.3. The Morgan fingerprint density at radius 3 is 2.44 bits per heavy atom. The Hall–Kier alpha value is -2.86. The topological polar surface area (TPSA) is 70.4 Å². The van der Waals surface area contributed by atoms with Gasteiger partial charge in [-0.1, -0.05) is 24.3 Å². The number of alkyl halides is 6. The molecule has 0 saturated carbocycles. The number of hydrogen-bond acceptors (Lipinski definition) is 4. The van der Waals surface area contributed by atoms with Gasteiger partial charge in [-0.2, -0.15) is 31.4 Å². The van der Waals surface area contributed by atoms with E-state index in [-0.39, 0.29) is 12.6 Å². The lowest BCUT2D eigenvalue weighted by Crippen LogP contribution is -2.34. The van der Waals surface area contributed by atoms with Crippen molar-refractivity contribution >= 4 is 12.0 Å². The molecule has 1 amide bonds. The van der Waals surface area contributed by atoms with E-state index in [0.717, 1.165) is 11.6 Å². The van der Waals surface area contributed by atoms with Crippen LogP contribution in [0.2, 0.25) is 0 Å². The van der Waals surface area contributed by atoms with Crippen molar-refractivity contribution in [1.82, 2.24) is 20.2 Å². The minimum atomic E-state index is -4.96. The second-order valence-electron chi connectivity index (χ2n) is 7.41. The summed E-state index contributed by atoms with van der Waals surface area (Å²) in [6.45, 7) is 0.695. The van der Waals surface area contributed by atoms with Crippen LogP contribution in [0.25, 0.3) is 6.08 Å². The first-order chi connectivity index (χ1) is 15.0. The second-order valence-corrected chi connectivity index (χ2v) is 7.41. The summed E-state index contributed by atoms with van der Waals surface area (Å²) >= 11 is 0. The molecule has 32 heavy (non-hydrogen) atoms. The zero-order chi connectivity index (χ0) is 23.5. The maximum absolute atomic E-state index is 13.3. The number of amides is 1. The molecule has 1 unspecified atom stereocenters. The quantitative estimate of drug-likeness (QED) is 0.294. The average Bonchev–Trinajstić information content (AvgIpc) is 3.34. The predicted octanol–water partition coefficient (Wildman–Crippen LogP) is 4.10. The van der Waals surface area contributed by atoms with E-state index >= 15 is 0 Å². The number of aromatic nitrogens is 2. The number of likely N-dealkylation sites (tertiary alicyclic amines) is 1. The fourth-order valence-electron chi connectivity index (χ4n) is 3.61. The summed E-state index contributed by atoms with van der Waals surface area (Å²) in [6.07, 6.45) is -6.04. The minimum Gasteiger partial charge on any atom is -0.294 e. The Labute approximate surface area is 179 Å². The van der Waals surface area contributed by atoms with Crippen molar-refractivity contribution in [2.24, 2.45) is 0 Å². The monoisotopic (exact) mass is 462 g/mol. The van der Waals surface area contributed by atoms with Crippen molar-refractivity contribution in [3.63, 3.8) is 0 Å². The number of hydroxylamine groups is 1. The smallest absolute Gasteiger partial charge is 0.294 e. The van der Waals surface area contributed by atoms with Gasteiger partial charge in [0.05, 0.1) is 6.54 Å². The van der Waals surface area contributed by atoms with Crippen LogP contribution in [-0.4, -0.2) is 38.4 Å². The summed E-state index contributed by atoms with van der Waals surface area (Å²) in [6, 6.07) is 6.66. The van der Waals surface area contributed by atoms with Crippen molar-refractivity contribution < 1.29 is 36.3 Å². The van der Waals surface area contributed by atoms with Gasteiger partial charge < -0.3 is 0 Å². The molecule has 1 fully saturated rings. The maximum Gasteiger partial charge on any atom is 0.435 e. The molecule has 0 radical (unpaired) electrons. The molecule has 1 aromatic heterocycles. The molecule has 12 heteroatoms. The lowest BCUT2D eigenvalue weighted by atomic mass is 10.1. The summed E-state index contributed by atoms with van der Waals surface area (Å²) in [5.74, 6) is -0.681. The first-order valence-electron chi connectivity index (χ1n) is 9.65. The predicted molar refractivity (Wildman–Crippen MR) is 101 cm³/mol. The van der Waals surface area contributed by atoms with Crippen LogP contribution < -0.4 is 5.48 Å². The number of rotatable bonds is 6. The number of nitrogens with zero attached hydrogens (tertiary/aromatic N) is 3. The van der Waals surface area contributed by atoms with Crippen molar-refractivity contribution in [1.29, 1.82) is 0 Å². The highest BCUT2D eigenvalue weighted by Gasteiger charge is 2.42. The van der Waals surface area contributed by atoms with Gasteiger partial charge in [-0.05, 0) is 36.6 Å². The molecule has 1 saturated heterocycles. The third-order valence-corrected chi connectivity index (χ3v) is 5.15. The molecule has 6 nitrogen and oxygen atoms in total. The van der Waals surface area contributed by atoms with E-state index in [4.69, 9.17) is 5.21 Å². The van der Waals surface area contributed by atoms with E-state index in [2.05, 4.69) is 5.10 Å². The zero-order valence-electron chi connectivity index (χ0n) is 16.6. The van der Waals surface area contributed by atoms with E-state index in [9.17, 15) is 31.1 Å². The van der Waals surface area contributed by atoms with Crippen molar-refractivity contribution in [3.05, 3.63) is 58.9 Å². The van der Waals surface area contributed by atoms with E-state index < -0.39 is 35.7 Å². The van der Waals surface area contributed by atoms with Crippen LogP contribution >= 0.6 is 0 Å². The van der Waals surface area contributed by atoms with Crippen LogP contribution in [0.4, 0.5) is 26.3 Å². The Morgan fingerprint density at radius 1 is 1.16 bits per heavy atom. The lowest BCUT2D eigenvalue weighted by Gasteiger charge is -2.25. The van der Waals surface area contributed by atoms with Crippen molar-refractivity contribution in [3.8, 4) is 0 Å². The van der Waals surface area contributed by atoms with Crippen LogP contribution in [0, 0.1) is 0 Å². The van der Waals surface area contributed by atoms with Gasteiger partial charge in [0.1, 0.15) is 5.69 Å². The summed E-state index contributed by atoms with van der Waals surface area (Å²) in [5, 5.41) is 11.7. The summed E-state index contributed by atoms with van der Waals surface area (Å²) in [5.41, 5.74) is 0.0417. The third kappa shape index (κ3) is 5.88. The SMILES string of the molecule is O=C(C=Cc1ccc(CN2CCCC2Cn2nc(C(F)(F)F)cc2C(F)(F)F)cc1)NO. The van der Waals surface area contributed by atoms with E-state index in [1.807, 2.05) is 4.90 Å². The van der Waals surface area contributed by atoms with Crippen LogP contribution in [-0.2, 0) is 30.2 Å². The molecule has 2 aromatic rings. The van der Waals surface area contributed by atoms with Gasteiger partial charge in [-0.15, -0.1) is 0 Å². The molecule has 1 aliphatic rings. The standard InChI is InChI=1S/C20H20F6N4O2/c21-19(22,23)16-10-17(20(24,25)26)30(27-16)12-15-2-1-9-29(15)11-14-5-3-13(4-6-14)7-8-18(31)28-32/h3-8,10,15,32H,1-2,9,11-12H2,(H,28,31). The third-order valence-electron chi connectivity index (χ3n) is 5.15.